The van der Waals surface area contributed by atoms with E-state index in [0.717, 1.165) is 4.47 Å². The van der Waals surface area contributed by atoms with E-state index in [0.29, 0.717) is 10.4 Å². The SMILES string of the molecule is NC(=O)CC(=S)CC(=O)c1cccc(Br)c1. The molecule has 0 heterocycles. The van der Waals surface area contributed by atoms with Gasteiger partial charge in [0.2, 0.25) is 5.91 Å². The smallest absolute Gasteiger partial charge is 0.222 e. The summed E-state index contributed by atoms with van der Waals surface area (Å²) in [5.41, 5.74) is 5.56. The molecule has 0 aliphatic carbocycles. The van der Waals surface area contributed by atoms with Crippen LogP contribution in [0.3, 0.4) is 0 Å². The summed E-state index contributed by atoms with van der Waals surface area (Å²) in [6.07, 6.45) is 0.0593. The zero-order chi connectivity index (χ0) is 12.1. The van der Waals surface area contributed by atoms with Crippen molar-refractivity contribution in [1.82, 2.24) is 0 Å². The van der Waals surface area contributed by atoms with E-state index in [4.69, 9.17) is 18.0 Å². The maximum atomic E-state index is 11.7. The highest BCUT2D eigenvalue weighted by Gasteiger charge is 2.10. The van der Waals surface area contributed by atoms with Gasteiger partial charge in [-0.3, -0.25) is 9.59 Å². The number of rotatable bonds is 5. The number of Topliss-reactive ketones (excluding diaryl/α,β-unsaturated/α-hetero) is 1. The predicted molar refractivity (Wildman–Crippen MR) is 69.5 cm³/mol. The molecule has 0 aliphatic heterocycles. The van der Waals surface area contributed by atoms with Crippen molar-refractivity contribution >= 4 is 44.7 Å². The van der Waals surface area contributed by atoms with E-state index in [1.165, 1.54) is 0 Å². The van der Waals surface area contributed by atoms with E-state index >= 15 is 0 Å². The lowest BCUT2D eigenvalue weighted by atomic mass is 10.1. The molecule has 1 aromatic carbocycles. The molecule has 84 valence electrons. The minimum absolute atomic E-state index is 0.0188. The monoisotopic (exact) mass is 299 g/mol. The fourth-order valence-corrected chi connectivity index (χ4v) is 1.87. The van der Waals surface area contributed by atoms with E-state index in [9.17, 15) is 9.59 Å². The lowest BCUT2D eigenvalue weighted by Crippen LogP contribution is -2.17. The largest absolute Gasteiger partial charge is 0.369 e. The van der Waals surface area contributed by atoms with Crippen LogP contribution in [0.5, 0.6) is 0 Å². The van der Waals surface area contributed by atoms with Crippen LogP contribution in [0.25, 0.3) is 0 Å². The van der Waals surface area contributed by atoms with E-state index < -0.39 is 5.91 Å². The summed E-state index contributed by atoms with van der Waals surface area (Å²) in [6, 6.07) is 7.03. The van der Waals surface area contributed by atoms with Crippen molar-refractivity contribution in [2.45, 2.75) is 12.8 Å². The minimum atomic E-state index is -0.507. The van der Waals surface area contributed by atoms with Gasteiger partial charge < -0.3 is 5.73 Å². The van der Waals surface area contributed by atoms with Crippen LogP contribution >= 0.6 is 28.1 Å². The first-order valence-corrected chi connectivity index (χ1v) is 5.78. The molecular formula is C11H10BrNO2S. The first-order chi connectivity index (χ1) is 7.49. The Hall–Kier alpha value is -1.07. The zero-order valence-electron chi connectivity index (χ0n) is 8.40. The Morgan fingerprint density at radius 2 is 2.00 bits per heavy atom. The second-order valence-electron chi connectivity index (χ2n) is 3.29. The van der Waals surface area contributed by atoms with Crippen LogP contribution in [0, 0.1) is 0 Å². The van der Waals surface area contributed by atoms with E-state index in [1.54, 1.807) is 18.2 Å². The third kappa shape index (κ3) is 4.20. The van der Waals surface area contributed by atoms with Gasteiger partial charge in [0.15, 0.2) is 5.78 Å². The number of hydrogen-bond acceptors (Lipinski definition) is 3. The van der Waals surface area contributed by atoms with Gasteiger partial charge in [-0.1, -0.05) is 40.3 Å². The van der Waals surface area contributed by atoms with Crippen molar-refractivity contribution in [3.8, 4) is 0 Å². The van der Waals surface area contributed by atoms with Crippen molar-refractivity contribution in [3.63, 3.8) is 0 Å². The van der Waals surface area contributed by atoms with Crippen molar-refractivity contribution in [3.05, 3.63) is 34.3 Å². The van der Waals surface area contributed by atoms with Crippen molar-refractivity contribution in [2.24, 2.45) is 5.73 Å². The van der Waals surface area contributed by atoms with E-state index in [2.05, 4.69) is 15.9 Å². The lowest BCUT2D eigenvalue weighted by Gasteiger charge is -2.02. The maximum absolute atomic E-state index is 11.7. The second kappa shape index (κ2) is 5.86. The number of primary amides is 1. The molecule has 1 amide bonds. The third-order valence-corrected chi connectivity index (χ3v) is 2.66. The van der Waals surface area contributed by atoms with Gasteiger partial charge in [-0.15, -0.1) is 0 Å². The fraction of sp³-hybridized carbons (Fsp3) is 0.182. The van der Waals surface area contributed by atoms with Crippen LogP contribution < -0.4 is 5.73 Å². The van der Waals surface area contributed by atoms with E-state index in [1.807, 2.05) is 6.07 Å². The Morgan fingerprint density at radius 1 is 1.31 bits per heavy atom. The molecule has 0 aromatic heterocycles. The summed E-state index contributed by atoms with van der Waals surface area (Å²) in [5.74, 6) is -0.611. The van der Waals surface area contributed by atoms with E-state index in [-0.39, 0.29) is 18.6 Å². The Labute approximate surface area is 107 Å². The molecular weight excluding hydrogens is 290 g/mol. The lowest BCUT2D eigenvalue weighted by molar-refractivity contribution is -0.116. The number of carbonyl (C=O) groups is 2. The van der Waals surface area contributed by atoms with Crippen LogP contribution in [-0.4, -0.2) is 16.6 Å². The number of benzene rings is 1. The Balaban J connectivity index is 2.66. The molecule has 0 atom stereocenters. The van der Waals surface area contributed by atoms with Gasteiger partial charge in [0.05, 0.1) is 6.42 Å². The highest BCUT2D eigenvalue weighted by atomic mass is 79.9. The van der Waals surface area contributed by atoms with Gasteiger partial charge in [-0.2, -0.15) is 0 Å². The molecule has 0 aliphatic rings. The molecule has 3 nitrogen and oxygen atoms in total. The molecule has 0 radical (unpaired) electrons. The van der Waals surface area contributed by atoms with Gasteiger partial charge in [0.25, 0.3) is 0 Å². The molecule has 0 bridgehead atoms. The molecule has 16 heavy (non-hydrogen) atoms. The quantitative estimate of drug-likeness (QED) is 0.670. The number of carbonyl (C=O) groups excluding carboxylic acids is 2. The van der Waals surface area contributed by atoms with Crippen LogP contribution in [0.4, 0.5) is 0 Å². The third-order valence-electron chi connectivity index (χ3n) is 1.88. The van der Waals surface area contributed by atoms with Crippen molar-refractivity contribution < 1.29 is 9.59 Å². The number of halogens is 1. The van der Waals surface area contributed by atoms with Crippen molar-refractivity contribution in [1.29, 1.82) is 0 Å². The molecule has 5 heteroatoms. The fourth-order valence-electron chi connectivity index (χ4n) is 1.20. The molecule has 0 spiro atoms. The number of amides is 1. The molecule has 1 rings (SSSR count). The van der Waals surface area contributed by atoms with Crippen LogP contribution in [-0.2, 0) is 4.79 Å². The van der Waals surface area contributed by atoms with Gasteiger partial charge in [-0.25, -0.2) is 0 Å². The summed E-state index contributed by atoms with van der Waals surface area (Å²) < 4.78 is 0.833. The molecule has 1 aromatic rings. The summed E-state index contributed by atoms with van der Waals surface area (Å²) >= 11 is 8.18. The topological polar surface area (TPSA) is 60.2 Å². The molecule has 2 N–H and O–H groups in total. The van der Waals surface area contributed by atoms with Gasteiger partial charge >= 0.3 is 0 Å². The molecule has 0 fully saturated rings. The van der Waals surface area contributed by atoms with Crippen LogP contribution in [0.1, 0.15) is 23.2 Å². The van der Waals surface area contributed by atoms with Crippen LogP contribution in [0.15, 0.2) is 28.7 Å². The summed E-state index contributed by atoms with van der Waals surface area (Å²) in [4.78, 5) is 22.7. The van der Waals surface area contributed by atoms with Gasteiger partial charge in [0, 0.05) is 21.3 Å². The van der Waals surface area contributed by atoms with Gasteiger partial charge in [-0.05, 0) is 12.1 Å². The van der Waals surface area contributed by atoms with Gasteiger partial charge in [0.1, 0.15) is 0 Å². The number of nitrogens with two attached hydrogens (primary N) is 1. The molecule has 0 saturated heterocycles. The standard InChI is InChI=1S/C11H10BrNO2S/c12-8-3-1-2-7(4-8)10(14)5-9(16)6-11(13)15/h1-4H,5-6H2,(H2,13,15). The highest BCUT2D eigenvalue weighted by molar-refractivity contribution is 9.10. The first kappa shape index (κ1) is 13.0. The summed E-state index contributed by atoms with van der Waals surface area (Å²) in [5, 5.41) is 0. The van der Waals surface area contributed by atoms with Crippen LogP contribution in [0.2, 0.25) is 0 Å². The minimum Gasteiger partial charge on any atom is -0.369 e. The molecule has 0 unspecified atom stereocenters. The first-order valence-electron chi connectivity index (χ1n) is 4.58. The average molecular weight is 300 g/mol. The summed E-state index contributed by atoms with van der Waals surface area (Å²) in [7, 11) is 0. The second-order valence-corrected chi connectivity index (χ2v) is 4.79. The average Bonchev–Trinajstić information content (AvgIpc) is 2.16. The normalized spacial score (nSPS) is 9.81. The number of ketones is 1. The Bertz CT molecular complexity index is 445. The Kier molecular flexibility index (Phi) is 4.76. The Morgan fingerprint density at radius 3 is 2.56 bits per heavy atom. The summed E-state index contributed by atoms with van der Waals surface area (Å²) in [6.45, 7) is 0. The van der Waals surface area contributed by atoms with Crippen molar-refractivity contribution in [2.75, 3.05) is 0 Å². The predicted octanol–water partition coefficient (Wildman–Crippen LogP) is 2.27. The highest BCUT2D eigenvalue weighted by Crippen LogP contribution is 2.13. The maximum Gasteiger partial charge on any atom is 0.222 e. The number of thiocarbonyl (C=S) groups is 1. The number of hydrogen-bond donors (Lipinski definition) is 1. The molecule has 0 saturated carbocycles. The zero-order valence-corrected chi connectivity index (χ0v) is 10.8.